The van der Waals surface area contributed by atoms with Gasteiger partial charge in [-0.05, 0) is 30.9 Å². The molecule has 0 saturated carbocycles. The molecule has 0 bridgehead atoms. The van der Waals surface area contributed by atoms with Crippen LogP contribution < -0.4 is 10.3 Å². The summed E-state index contributed by atoms with van der Waals surface area (Å²) in [6.45, 7) is 1.00. The number of hydrogen-bond donors (Lipinski definition) is 1. The smallest absolute Gasteiger partial charge is 0.250 e. The number of rotatable bonds is 6. The van der Waals surface area contributed by atoms with Crippen LogP contribution in [-0.2, 0) is 21.3 Å². The van der Waals surface area contributed by atoms with E-state index in [4.69, 9.17) is 4.74 Å². The highest BCUT2D eigenvalue weighted by atomic mass is 32.2. The number of nitrogens with one attached hydrogen (secondary N) is 1. The molecule has 2 heterocycles. The standard InChI is InChI=1S/C18H22N2O4S/c21-18-10-9-16(13-20(18)12-15-6-2-1-3-7-15)19-25(22,23)14-17-8-4-5-11-24-17/h1-3,6-7,9-10,13,17,19H,4-5,8,11-12,14H2. The Labute approximate surface area is 147 Å². The molecule has 0 aliphatic carbocycles. The van der Waals surface area contributed by atoms with Crippen molar-refractivity contribution in [2.45, 2.75) is 31.9 Å². The molecule has 0 amide bonds. The maximum atomic E-state index is 12.3. The lowest BCUT2D eigenvalue weighted by Gasteiger charge is -2.22. The average Bonchev–Trinajstić information content (AvgIpc) is 2.59. The van der Waals surface area contributed by atoms with Gasteiger partial charge in [-0.2, -0.15) is 0 Å². The zero-order valence-electron chi connectivity index (χ0n) is 13.9. The number of pyridine rings is 1. The third-order valence-electron chi connectivity index (χ3n) is 4.13. The van der Waals surface area contributed by atoms with Gasteiger partial charge in [0.05, 0.1) is 24.1 Å². The summed E-state index contributed by atoms with van der Waals surface area (Å²) in [5, 5.41) is 0. The molecular formula is C18H22N2O4S. The molecule has 1 aromatic carbocycles. The highest BCUT2D eigenvalue weighted by molar-refractivity contribution is 7.92. The molecule has 1 aliphatic heterocycles. The minimum atomic E-state index is -3.53. The molecule has 134 valence electrons. The largest absolute Gasteiger partial charge is 0.377 e. The summed E-state index contributed by atoms with van der Waals surface area (Å²) in [6.07, 6.45) is 4.00. The number of nitrogens with zero attached hydrogens (tertiary/aromatic N) is 1. The van der Waals surface area contributed by atoms with Crippen molar-refractivity contribution >= 4 is 15.7 Å². The van der Waals surface area contributed by atoms with E-state index >= 15 is 0 Å². The van der Waals surface area contributed by atoms with Crippen molar-refractivity contribution in [3.05, 3.63) is 64.6 Å². The highest BCUT2D eigenvalue weighted by Crippen LogP contribution is 2.16. The van der Waals surface area contributed by atoms with Crippen molar-refractivity contribution in [3.63, 3.8) is 0 Å². The Morgan fingerprint density at radius 3 is 2.64 bits per heavy atom. The van der Waals surface area contributed by atoms with Crippen LogP contribution in [0.5, 0.6) is 0 Å². The molecule has 1 fully saturated rings. The van der Waals surface area contributed by atoms with E-state index in [-0.39, 0.29) is 17.4 Å². The number of benzene rings is 1. The van der Waals surface area contributed by atoms with Crippen molar-refractivity contribution in [1.29, 1.82) is 0 Å². The summed E-state index contributed by atoms with van der Waals surface area (Å²) in [5.41, 5.74) is 1.17. The van der Waals surface area contributed by atoms with Crippen LogP contribution in [0.1, 0.15) is 24.8 Å². The average molecular weight is 362 g/mol. The zero-order valence-corrected chi connectivity index (χ0v) is 14.7. The topological polar surface area (TPSA) is 77.4 Å². The molecule has 1 unspecified atom stereocenters. The van der Waals surface area contributed by atoms with E-state index in [1.165, 1.54) is 22.9 Å². The van der Waals surface area contributed by atoms with Gasteiger partial charge in [0.15, 0.2) is 0 Å². The fourth-order valence-electron chi connectivity index (χ4n) is 2.90. The first-order valence-corrected chi connectivity index (χ1v) is 10.0. The van der Waals surface area contributed by atoms with Gasteiger partial charge in [0.25, 0.3) is 5.56 Å². The van der Waals surface area contributed by atoms with Crippen LogP contribution in [0.3, 0.4) is 0 Å². The molecule has 7 heteroatoms. The Hall–Kier alpha value is -2.12. The van der Waals surface area contributed by atoms with Crippen LogP contribution in [0.25, 0.3) is 0 Å². The summed E-state index contributed by atoms with van der Waals surface area (Å²) in [7, 11) is -3.53. The molecule has 0 radical (unpaired) electrons. The molecule has 2 aromatic rings. The summed E-state index contributed by atoms with van der Waals surface area (Å²) in [4.78, 5) is 12.0. The molecule has 6 nitrogen and oxygen atoms in total. The Bertz CT molecular complexity index is 856. The Morgan fingerprint density at radius 1 is 1.12 bits per heavy atom. The fourth-order valence-corrected chi connectivity index (χ4v) is 4.22. The third-order valence-corrected chi connectivity index (χ3v) is 5.49. The first-order chi connectivity index (χ1) is 12.0. The number of ether oxygens (including phenoxy) is 1. The Kier molecular flexibility index (Phi) is 5.55. The van der Waals surface area contributed by atoms with Gasteiger partial charge in [0.2, 0.25) is 10.0 Å². The first kappa shape index (κ1) is 17.7. The van der Waals surface area contributed by atoms with Gasteiger partial charge in [-0.3, -0.25) is 9.52 Å². The van der Waals surface area contributed by atoms with Gasteiger partial charge in [0, 0.05) is 18.9 Å². The predicted molar refractivity (Wildman–Crippen MR) is 97.2 cm³/mol. The minimum absolute atomic E-state index is 0.0647. The van der Waals surface area contributed by atoms with Crippen LogP contribution in [-0.4, -0.2) is 31.4 Å². The SMILES string of the molecule is O=c1ccc(NS(=O)(=O)CC2CCCCO2)cn1Cc1ccccc1. The molecular weight excluding hydrogens is 340 g/mol. The molecule has 3 rings (SSSR count). The molecule has 0 spiro atoms. The van der Waals surface area contributed by atoms with Crippen molar-refractivity contribution in [2.24, 2.45) is 0 Å². The number of aromatic nitrogens is 1. The van der Waals surface area contributed by atoms with E-state index in [1.807, 2.05) is 30.3 Å². The first-order valence-electron chi connectivity index (χ1n) is 8.38. The second-order valence-electron chi connectivity index (χ2n) is 6.24. The highest BCUT2D eigenvalue weighted by Gasteiger charge is 2.22. The van der Waals surface area contributed by atoms with Crippen molar-refractivity contribution < 1.29 is 13.2 Å². The van der Waals surface area contributed by atoms with Crippen LogP contribution in [0.4, 0.5) is 5.69 Å². The van der Waals surface area contributed by atoms with Crippen LogP contribution in [0, 0.1) is 0 Å². The summed E-state index contributed by atoms with van der Waals surface area (Å²) < 4.78 is 34.2. The Morgan fingerprint density at radius 2 is 1.92 bits per heavy atom. The molecule has 1 saturated heterocycles. The summed E-state index contributed by atoms with van der Waals surface area (Å²) in [5.74, 6) is -0.0647. The van der Waals surface area contributed by atoms with Gasteiger partial charge >= 0.3 is 0 Å². The van der Waals surface area contributed by atoms with Crippen molar-refractivity contribution in [2.75, 3.05) is 17.1 Å². The van der Waals surface area contributed by atoms with Crippen LogP contribution >= 0.6 is 0 Å². The van der Waals surface area contributed by atoms with E-state index in [1.54, 1.807) is 0 Å². The lowest BCUT2D eigenvalue weighted by molar-refractivity contribution is 0.0306. The monoisotopic (exact) mass is 362 g/mol. The molecule has 1 N–H and O–H groups in total. The summed E-state index contributed by atoms with van der Waals surface area (Å²) in [6, 6.07) is 12.4. The molecule has 1 aromatic heterocycles. The van der Waals surface area contributed by atoms with Crippen LogP contribution in [0.2, 0.25) is 0 Å². The lowest BCUT2D eigenvalue weighted by atomic mass is 10.1. The maximum absolute atomic E-state index is 12.3. The fraction of sp³-hybridized carbons (Fsp3) is 0.389. The van der Waals surface area contributed by atoms with E-state index in [0.29, 0.717) is 18.8 Å². The molecule has 1 aliphatic rings. The predicted octanol–water partition coefficient (Wildman–Crippen LogP) is 2.21. The minimum Gasteiger partial charge on any atom is -0.377 e. The number of hydrogen-bond acceptors (Lipinski definition) is 4. The van der Waals surface area contributed by atoms with Crippen LogP contribution in [0.15, 0.2) is 53.5 Å². The zero-order chi connectivity index (χ0) is 17.7. The maximum Gasteiger partial charge on any atom is 0.250 e. The van der Waals surface area contributed by atoms with E-state index < -0.39 is 10.0 Å². The molecule has 1 atom stereocenters. The van der Waals surface area contributed by atoms with Crippen molar-refractivity contribution in [1.82, 2.24) is 4.57 Å². The third kappa shape index (κ3) is 5.17. The second-order valence-corrected chi connectivity index (χ2v) is 8.01. The normalized spacial score (nSPS) is 18.0. The van der Waals surface area contributed by atoms with Crippen molar-refractivity contribution in [3.8, 4) is 0 Å². The quantitative estimate of drug-likeness (QED) is 0.855. The van der Waals surface area contributed by atoms with E-state index in [9.17, 15) is 13.2 Å². The van der Waals surface area contributed by atoms with E-state index in [0.717, 1.165) is 24.8 Å². The summed E-state index contributed by atoms with van der Waals surface area (Å²) >= 11 is 0. The lowest BCUT2D eigenvalue weighted by Crippen LogP contribution is -2.31. The van der Waals surface area contributed by atoms with Gasteiger partial charge in [-0.1, -0.05) is 30.3 Å². The van der Waals surface area contributed by atoms with Gasteiger partial charge < -0.3 is 9.30 Å². The second kappa shape index (κ2) is 7.84. The van der Waals surface area contributed by atoms with Gasteiger partial charge in [-0.25, -0.2) is 8.42 Å². The molecule has 25 heavy (non-hydrogen) atoms. The van der Waals surface area contributed by atoms with E-state index in [2.05, 4.69) is 4.72 Å². The Balaban J connectivity index is 1.72. The number of anilines is 1. The van der Waals surface area contributed by atoms with Gasteiger partial charge in [0.1, 0.15) is 0 Å². The van der Waals surface area contributed by atoms with Gasteiger partial charge in [-0.15, -0.1) is 0 Å². The number of sulfonamides is 1.